The molecule has 1 atom stereocenters. The zero-order valence-electron chi connectivity index (χ0n) is 15.8. The number of aromatic hydroxyl groups is 1. The number of aliphatic imine (C=N–C) groups is 1. The van der Waals surface area contributed by atoms with Crippen molar-refractivity contribution < 1.29 is 9.90 Å². The van der Waals surface area contributed by atoms with Crippen LogP contribution in [0.3, 0.4) is 0 Å². The summed E-state index contributed by atoms with van der Waals surface area (Å²) in [6, 6.07) is 4.85. The van der Waals surface area contributed by atoms with Gasteiger partial charge in [0.05, 0.1) is 5.56 Å². The maximum Gasteiger partial charge on any atom is 0.244 e. The Morgan fingerprint density at radius 3 is 2.69 bits per heavy atom. The third kappa shape index (κ3) is 5.49. The Morgan fingerprint density at radius 2 is 2.04 bits per heavy atom. The normalized spacial score (nSPS) is 13.2. The second-order valence-corrected chi connectivity index (χ2v) is 7.91. The molecule has 1 aromatic carbocycles. The van der Waals surface area contributed by atoms with Crippen LogP contribution in [0.2, 0.25) is 5.02 Å². The number of hydrogen-bond donors (Lipinski definition) is 3. The van der Waals surface area contributed by atoms with Gasteiger partial charge in [-0.05, 0) is 42.9 Å². The third-order valence-corrected chi connectivity index (χ3v) is 4.42. The van der Waals surface area contributed by atoms with Gasteiger partial charge in [-0.15, -0.1) is 0 Å². The van der Waals surface area contributed by atoms with Crippen LogP contribution in [0.4, 0.5) is 0 Å². The van der Waals surface area contributed by atoms with Gasteiger partial charge in [0.2, 0.25) is 5.91 Å². The zero-order valence-corrected chi connectivity index (χ0v) is 16.6. The van der Waals surface area contributed by atoms with Gasteiger partial charge in [0.15, 0.2) is 5.88 Å². The summed E-state index contributed by atoms with van der Waals surface area (Å²) in [6.45, 7) is 9.02. The first-order chi connectivity index (χ1) is 12.3. The van der Waals surface area contributed by atoms with E-state index in [0.29, 0.717) is 35.4 Å². The van der Waals surface area contributed by atoms with Gasteiger partial charge in [-0.1, -0.05) is 39.3 Å². The molecular formula is C20H28ClN3O2. The molecule has 0 fully saturated rings. The Balaban J connectivity index is 2.21. The minimum atomic E-state index is -0.481. The fourth-order valence-corrected chi connectivity index (χ4v) is 2.92. The number of hydrogen-bond acceptors (Lipinski definition) is 3. The molecule has 2 aromatic rings. The van der Waals surface area contributed by atoms with Crippen molar-refractivity contribution >= 4 is 34.6 Å². The lowest BCUT2D eigenvalue weighted by Gasteiger charge is -2.15. The van der Waals surface area contributed by atoms with Crippen LogP contribution in [-0.2, 0) is 4.79 Å². The highest BCUT2D eigenvalue weighted by Crippen LogP contribution is 2.28. The predicted octanol–water partition coefficient (Wildman–Crippen LogP) is 4.52. The maximum atomic E-state index is 12.5. The summed E-state index contributed by atoms with van der Waals surface area (Å²) in [7, 11) is 0. The summed E-state index contributed by atoms with van der Waals surface area (Å²) in [5.41, 5.74) is 1.32. The number of nitrogens with zero attached hydrogens (tertiary/aromatic N) is 1. The van der Waals surface area contributed by atoms with Crippen molar-refractivity contribution in [1.29, 1.82) is 0 Å². The second kappa shape index (κ2) is 9.08. The van der Waals surface area contributed by atoms with E-state index in [0.717, 1.165) is 17.3 Å². The van der Waals surface area contributed by atoms with Crippen molar-refractivity contribution in [2.45, 2.75) is 46.6 Å². The van der Waals surface area contributed by atoms with E-state index in [2.05, 4.69) is 43.0 Å². The van der Waals surface area contributed by atoms with E-state index in [9.17, 15) is 9.90 Å². The number of amides is 1. The summed E-state index contributed by atoms with van der Waals surface area (Å²) >= 11 is 6.06. The average molecular weight is 378 g/mol. The average Bonchev–Trinajstić information content (AvgIpc) is 2.85. The molecule has 2 rings (SSSR count). The monoisotopic (exact) mass is 377 g/mol. The summed E-state index contributed by atoms with van der Waals surface area (Å²) < 4.78 is 0. The maximum absolute atomic E-state index is 12.5. The first-order valence-electron chi connectivity index (χ1n) is 9.09. The number of fused-ring (bicyclic) bond motifs is 1. The molecule has 0 unspecified atom stereocenters. The molecule has 5 nitrogen and oxygen atoms in total. The molecule has 0 aliphatic carbocycles. The number of carbonyl (C=O) groups is 1. The quantitative estimate of drug-likeness (QED) is 0.591. The van der Waals surface area contributed by atoms with Crippen LogP contribution in [0.1, 0.15) is 46.1 Å². The van der Waals surface area contributed by atoms with Crippen LogP contribution in [-0.4, -0.2) is 34.8 Å². The number of carbonyl (C=O) groups excluding carboxylic acids is 1. The Bertz CT molecular complexity index is 781. The van der Waals surface area contributed by atoms with E-state index in [1.807, 2.05) is 0 Å². The largest absolute Gasteiger partial charge is 0.494 e. The highest BCUT2D eigenvalue weighted by molar-refractivity contribution is 6.31. The standard InChI is InChI=1S/C20H28ClN3O2/c1-12(2)7-8-22-20(26)18(9-13(3)4)23-11-16-15-10-14(21)5-6-17(15)24-19(16)25/h5-6,10-13,18,24-25H,7-9H2,1-4H3,(H,22,26)/t18-/m0/s1. The molecule has 0 saturated heterocycles. The van der Waals surface area contributed by atoms with E-state index in [-0.39, 0.29) is 11.8 Å². The Hall–Kier alpha value is -2.01. The summed E-state index contributed by atoms with van der Waals surface area (Å²) in [5, 5.41) is 14.5. The van der Waals surface area contributed by atoms with Crippen molar-refractivity contribution in [3.63, 3.8) is 0 Å². The van der Waals surface area contributed by atoms with Gasteiger partial charge in [0.1, 0.15) is 6.04 Å². The molecule has 0 aliphatic heterocycles. The van der Waals surface area contributed by atoms with Crippen LogP contribution in [0.15, 0.2) is 23.2 Å². The number of rotatable bonds is 8. The summed E-state index contributed by atoms with van der Waals surface area (Å²) in [6.07, 6.45) is 3.15. The zero-order chi connectivity index (χ0) is 19.3. The molecule has 0 bridgehead atoms. The minimum Gasteiger partial charge on any atom is -0.494 e. The van der Waals surface area contributed by atoms with E-state index in [1.165, 1.54) is 0 Å². The highest BCUT2D eigenvalue weighted by atomic mass is 35.5. The minimum absolute atomic E-state index is 0.0227. The molecule has 1 heterocycles. The van der Waals surface area contributed by atoms with Gasteiger partial charge in [0.25, 0.3) is 0 Å². The Kier molecular flexibility index (Phi) is 7.09. The lowest BCUT2D eigenvalue weighted by molar-refractivity contribution is -0.122. The molecule has 3 N–H and O–H groups in total. The van der Waals surface area contributed by atoms with E-state index >= 15 is 0 Å². The number of halogens is 1. The van der Waals surface area contributed by atoms with Gasteiger partial charge in [0, 0.05) is 28.7 Å². The number of H-pyrrole nitrogens is 1. The predicted molar refractivity (Wildman–Crippen MR) is 108 cm³/mol. The van der Waals surface area contributed by atoms with E-state index < -0.39 is 6.04 Å². The summed E-state index contributed by atoms with van der Waals surface area (Å²) in [4.78, 5) is 19.9. The topological polar surface area (TPSA) is 77.5 Å². The fourth-order valence-electron chi connectivity index (χ4n) is 2.75. The van der Waals surface area contributed by atoms with Crippen molar-refractivity contribution in [1.82, 2.24) is 10.3 Å². The molecular weight excluding hydrogens is 350 g/mol. The van der Waals surface area contributed by atoms with E-state index in [4.69, 9.17) is 11.6 Å². The first kappa shape index (κ1) is 20.3. The SMILES string of the molecule is CC(C)CCNC(=O)[C@H](CC(C)C)N=Cc1c(O)[nH]c2ccc(Cl)cc12. The van der Waals surface area contributed by atoms with Gasteiger partial charge in [-0.3, -0.25) is 9.79 Å². The van der Waals surface area contributed by atoms with Crippen molar-refractivity contribution in [2.24, 2.45) is 16.8 Å². The number of benzene rings is 1. The van der Waals surface area contributed by atoms with Crippen LogP contribution in [0.25, 0.3) is 10.9 Å². The Morgan fingerprint density at radius 1 is 1.31 bits per heavy atom. The lowest BCUT2D eigenvalue weighted by Crippen LogP contribution is -2.35. The number of aromatic amines is 1. The lowest BCUT2D eigenvalue weighted by atomic mass is 10.0. The molecule has 0 aliphatic rings. The van der Waals surface area contributed by atoms with Crippen molar-refractivity contribution in [2.75, 3.05) is 6.54 Å². The van der Waals surface area contributed by atoms with Gasteiger partial charge in [-0.2, -0.15) is 0 Å². The fraction of sp³-hybridized carbons (Fsp3) is 0.500. The first-order valence-corrected chi connectivity index (χ1v) is 9.46. The molecule has 142 valence electrons. The van der Waals surface area contributed by atoms with E-state index in [1.54, 1.807) is 24.4 Å². The van der Waals surface area contributed by atoms with Crippen LogP contribution >= 0.6 is 11.6 Å². The summed E-state index contributed by atoms with van der Waals surface area (Å²) in [5.74, 6) is 0.816. The van der Waals surface area contributed by atoms with Gasteiger partial charge < -0.3 is 15.4 Å². The molecule has 1 aromatic heterocycles. The van der Waals surface area contributed by atoms with Gasteiger partial charge in [-0.25, -0.2) is 0 Å². The number of nitrogens with one attached hydrogen (secondary N) is 2. The smallest absolute Gasteiger partial charge is 0.244 e. The molecule has 26 heavy (non-hydrogen) atoms. The number of aromatic nitrogens is 1. The van der Waals surface area contributed by atoms with Crippen LogP contribution in [0, 0.1) is 11.8 Å². The highest BCUT2D eigenvalue weighted by Gasteiger charge is 2.19. The van der Waals surface area contributed by atoms with Crippen LogP contribution < -0.4 is 5.32 Å². The molecule has 0 saturated carbocycles. The van der Waals surface area contributed by atoms with Crippen molar-refractivity contribution in [3.05, 3.63) is 28.8 Å². The van der Waals surface area contributed by atoms with Gasteiger partial charge >= 0.3 is 0 Å². The van der Waals surface area contributed by atoms with Crippen LogP contribution in [0.5, 0.6) is 5.88 Å². The molecule has 1 amide bonds. The molecule has 6 heteroatoms. The molecule has 0 spiro atoms. The Labute approximate surface area is 159 Å². The second-order valence-electron chi connectivity index (χ2n) is 7.47. The third-order valence-electron chi connectivity index (χ3n) is 4.18. The van der Waals surface area contributed by atoms with Crippen molar-refractivity contribution in [3.8, 4) is 5.88 Å². The molecule has 0 radical (unpaired) electrons.